The molecular weight excluding hydrogens is 388 g/mol. The van der Waals surface area contributed by atoms with Crippen LogP contribution in [0.5, 0.6) is 5.75 Å². The lowest BCUT2D eigenvalue weighted by molar-refractivity contribution is 0.242. The lowest BCUT2D eigenvalue weighted by Crippen LogP contribution is -2.05. The average Bonchev–Trinajstić information content (AvgIpc) is 3.12. The maximum Gasteiger partial charge on any atom is 0.229 e. The number of hydrogen-bond acceptors (Lipinski definition) is 6. The molecule has 0 saturated carbocycles. The van der Waals surface area contributed by atoms with Gasteiger partial charge in [-0.15, -0.1) is 0 Å². The number of anilines is 2. The summed E-state index contributed by atoms with van der Waals surface area (Å²) in [5.41, 5.74) is 2.38. The quantitative estimate of drug-likeness (QED) is 0.482. The summed E-state index contributed by atoms with van der Waals surface area (Å²) in [6.07, 6.45) is 3.75. The number of aromatic nitrogens is 3. The largest absolute Gasteiger partial charge is 0.768 e. The predicted octanol–water partition coefficient (Wildman–Crippen LogP) is 4.19. The summed E-state index contributed by atoms with van der Waals surface area (Å²) in [5, 5.41) is 4.08. The summed E-state index contributed by atoms with van der Waals surface area (Å²) in [4.78, 5) is 9.23. The van der Waals surface area contributed by atoms with Crippen molar-refractivity contribution >= 4 is 33.7 Å². The third-order valence-electron chi connectivity index (χ3n) is 4.22. The highest BCUT2D eigenvalue weighted by Crippen LogP contribution is 2.23. The van der Waals surface area contributed by atoms with Gasteiger partial charge in [-0.2, -0.15) is 4.98 Å². The van der Waals surface area contributed by atoms with E-state index in [1.807, 2.05) is 54.9 Å². The highest BCUT2D eigenvalue weighted by Gasteiger charge is 2.08. The summed E-state index contributed by atoms with van der Waals surface area (Å²) in [7, 11) is 0. The molecule has 2 aromatic heterocycles. The van der Waals surface area contributed by atoms with Gasteiger partial charge >= 0.3 is 0 Å². The van der Waals surface area contributed by atoms with Crippen LogP contribution in [-0.2, 0) is 11.1 Å². The minimum Gasteiger partial charge on any atom is -0.768 e. The van der Waals surface area contributed by atoms with Crippen LogP contribution in [0.3, 0.4) is 0 Å². The summed E-state index contributed by atoms with van der Waals surface area (Å²) < 4.78 is 29.7. The zero-order chi connectivity index (χ0) is 20.4. The monoisotopic (exact) mass is 407 g/mol. The molecule has 0 amide bonds. The molecular formula is C21H19N4O3S-. The highest BCUT2D eigenvalue weighted by molar-refractivity contribution is 7.79. The fraction of sp³-hybridized carbons (Fsp3) is 0.143. The van der Waals surface area contributed by atoms with E-state index in [9.17, 15) is 8.76 Å². The molecule has 2 heterocycles. The van der Waals surface area contributed by atoms with Crippen LogP contribution in [0.25, 0.3) is 16.7 Å². The molecule has 7 nitrogen and oxygen atoms in total. The fourth-order valence-electron chi connectivity index (χ4n) is 2.92. The van der Waals surface area contributed by atoms with E-state index < -0.39 is 11.1 Å². The van der Waals surface area contributed by atoms with Crippen molar-refractivity contribution in [1.82, 2.24) is 14.5 Å². The van der Waals surface area contributed by atoms with Gasteiger partial charge in [0, 0.05) is 34.1 Å². The van der Waals surface area contributed by atoms with E-state index >= 15 is 0 Å². The second-order valence-corrected chi connectivity index (χ2v) is 7.64. The van der Waals surface area contributed by atoms with Crippen molar-refractivity contribution in [3.05, 3.63) is 67.0 Å². The zero-order valence-electron chi connectivity index (χ0n) is 15.9. The van der Waals surface area contributed by atoms with Gasteiger partial charge < -0.3 is 19.2 Å². The molecule has 0 aliphatic heterocycles. The van der Waals surface area contributed by atoms with Crippen molar-refractivity contribution < 1.29 is 13.5 Å². The molecule has 4 aromatic rings. The van der Waals surface area contributed by atoms with Crippen LogP contribution >= 0.6 is 0 Å². The molecule has 0 spiro atoms. The molecule has 4 rings (SSSR count). The smallest absolute Gasteiger partial charge is 0.229 e. The first-order valence-corrected chi connectivity index (χ1v) is 10.1. The molecule has 1 N–H and O–H groups in total. The Hall–Kier alpha value is -3.23. The van der Waals surface area contributed by atoms with E-state index in [2.05, 4.69) is 15.3 Å². The molecule has 2 aromatic carbocycles. The maximum atomic E-state index is 11.1. The third kappa shape index (κ3) is 4.28. The van der Waals surface area contributed by atoms with Crippen molar-refractivity contribution in [2.75, 3.05) is 5.32 Å². The molecule has 148 valence electrons. The van der Waals surface area contributed by atoms with Crippen LogP contribution in [0.1, 0.15) is 13.8 Å². The topological polar surface area (TPSA) is 92.1 Å². The van der Waals surface area contributed by atoms with Gasteiger partial charge in [0.05, 0.1) is 6.10 Å². The molecule has 0 bridgehead atoms. The summed E-state index contributed by atoms with van der Waals surface area (Å²) in [6.45, 7) is 3.97. The van der Waals surface area contributed by atoms with Crippen molar-refractivity contribution in [1.29, 1.82) is 0 Å². The van der Waals surface area contributed by atoms with Gasteiger partial charge in [-0.3, -0.25) is 4.21 Å². The van der Waals surface area contributed by atoms with Gasteiger partial charge in [0.25, 0.3) is 0 Å². The Morgan fingerprint density at radius 2 is 1.79 bits per heavy atom. The highest BCUT2D eigenvalue weighted by atomic mass is 32.2. The Bertz CT molecular complexity index is 1150. The van der Waals surface area contributed by atoms with Gasteiger partial charge in [-0.25, -0.2) is 4.98 Å². The number of benzene rings is 2. The second kappa shape index (κ2) is 8.02. The third-order valence-corrected chi connectivity index (χ3v) is 4.87. The van der Waals surface area contributed by atoms with E-state index in [1.165, 1.54) is 0 Å². The molecule has 8 heteroatoms. The van der Waals surface area contributed by atoms with Crippen molar-refractivity contribution in [3.8, 4) is 11.4 Å². The van der Waals surface area contributed by atoms with Gasteiger partial charge in [0.1, 0.15) is 11.4 Å². The number of nitrogens with one attached hydrogen (secondary N) is 1. The maximum absolute atomic E-state index is 11.1. The average molecular weight is 407 g/mol. The van der Waals surface area contributed by atoms with Crippen LogP contribution in [0.4, 0.5) is 11.6 Å². The minimum absolute atomic E-state index is 0.120. The first-order valence-electron chi connectivity index (χ1n) is 9.07. The molecule has 0 aliphatic carbocycles. The van der Waals surface area contributed by atoms with Crippen molar-refractivity contribution in [3.63, 3.8) is 0 Å². The number of fused-ring (bicyclic) bond motifs is 1. The molecule has 0 fully saturated rings. The van der Waals surface area contributed by atoms with Crippen LogP contribution in [0.15, 0.2) is 71.9 Å². The van der Waals surface area contributed by atoms with E-state index in [-0.39, 0.29) is 11.0 Å². The predicted molar refractivity (Wildman–Crippen MR) is 112 cm³/mol. The van der Waals surface area contributed by atoms with Gasteiger partial charge in [-0.05, 0) is 79.5 Å². The Morgan fingerprint density at radius 1 is 1.07 bits per heavy atom. The van der Waals surface area contributed by atoms with Crippen LogP contribution in [0.2, 0.25) is 0 Å². The van der Waals surface area contributed by atoms with Crippen LogP contribution in [-0.4, -0.2) is 29.4 Å². The lowest BCUT2D eigenvalue weighted by atomic mass is 10.3. The van der Waals surface area contributed by atoms with Gasteiger partial charge in [-0.1, -0.05) is 0 Å². The zero-order valence-corrected chi connectivity index (χ0v) is 16.7. The van der Waals surface area contributed by atoms with Gasteiger partial charge in [0.15, 0.2) is 0 Å². The molecule has 1 atom stereocenters. The lowest BCUT2D eigenvalue weighted by Gasteiger charge is -2.11. The normalized spacial score (nSPS) is 12.3. The molecule has 0 aliphatic rings. The van der Waals surface area contributed by atoms with Crippen LogP contribution in [0, 0.1) is 0 Å². The standard InChI is InChI=1S/C21H20N4O3S/c1-14(2)28-18-7-3-16(4-8-18)23-21-22-13-15-11-12-25(20(15)24-21)17-5-9-19(10-6-17)29(26)27/h3-14H,1-2H3,(H,26,27)(H,22,23,24)/p-1. The van der Waals surface area contributed by atoms with Crippen LogP contribution < -0.4 is 10.1 Å². The Morgan fingerprint density at radius 3 is 2.45 bits per heavy atom. The molecule has 29 heavy (non-hydrogen) atoms. The van der Waals surface area contributed by atoms with Gasteiger partial charge in [0.2, 0.25) is 5.95 Å². The van der Waals surface area contributed by atoms with E-state index in [4.69, 9.17) is 4.74 Å². The first-order chi connectivity index (χ1) is 14.0. The number of hydrogen-bond donors (Lipinski definition) is 1. The van der Waals surface area contributed by atoms with Crippen molar-refractivity contribution in [2.45, 2.75) is 24.8 Å². The number of ether oxygens (including phenoxy) is 1. The van der Waals surface area contributed by atoms with E-state index in [1.54, 1.807) is 30.5 Å². The first kappa shape index (κ1) is 19.1. The molecule has 1 unspecified atom stereocenters. The molecule has 0 saturated heterocycles. The second-order valence-electron chi connectivity index (χ2n) is 6.70. The van der Waals surface area contributed by atoms with Crippen molar-refractivity contribution in [2.24, 2.45) is 0 Å². The minimum atomic E-state index is -2.25. The SMILES string of the molecule is CC(C)Oc1ccc(Nc2ncc3ccn(-c4ccc(S(=O)[O-])cc4)c3n2)cc1. The Labute approximate surface area is 170 Å². The molecule has 0 radical (unpaired) electrons. The number of rotatable bonds is 6. The Kier molecular flexibility index (Phi) is 5.28. The summed E-state index contributed by atoms with van der Waals surface area (Å²) in [6, 6.07) is 16.1. The summed E-state index contributed by atoms with van der Waals surface area (Å²) >= 11 is -2.25. The summed E-state index contributed by atoms with van der Waals surface area (Å²) in [5.74, 6) is 1.27. The fourth-order valence-corrected chi connectivity index (χ4v) is 3.28. The van der Waals surface area contributed by atoms with E-state index in [0.717, 1.165) is 28.2 Å². The van der Waals surface area contributed by atoms with E-state index in [0.29, 0.717) is 5.95 Å². The number of nitrogens with zero attached hydrogens (tertiary/aromatic N) is 3. The Balaban J connectivity index is 1.60.